The average molecular weight is 288 g/mol. The fraction of sp³-hybridized carbons (Fsp3) is 0.500. The molecule has 0 fully saturated rings. The van der Waals surface area contributed by atoms with Crippen LogP contribution in [0.2, 0.25) is 0 Å². The Bertz CT molecular complexity index is 271. The summed E-state index contributed by atoms with van der Waals surface area (Å²) in [4.78, 5) is 1.34. The predicted octanol–water partition coefficient (Wildman–Crippen LogP) is 3.79. The first-order valence-electron chi connectivity index (χ1n) is 5.27. The third kappa shape index (κ3) is 6.23. The minimum absolute atomic E-state index is 0.739. The smallest absolute Gasteiger partial charge is 0.0176 e. The zero-order valence-electron chi connectivity index (χ0n) is 9.29. The molecule has 0 aliphatic heterocycles. The molecule has 0 unspecified atom stereocenters. The summed E-state index contributed by atoms with van der Waals surface area (Å²) >= 11 is 5.33. The van der Waals surface area contributed by atoms with Gasteiger partial charge in [0.2, 0.25) is 0 Å². The van der Waals surface area contributed by atoms with E-state index in [1.165, 1.54) is 4.90 Å². The Morgan fingerprint density at radius 3 is 2.53 bits per heavy atom. The molecule has 3 heteroatoms. The van der Waals surface area contributed by atoms with Gasteiger partial charge in [-0.25, -0.2) is 0 Å². The van der Waals surface area contributed by atoms with Crippen molar-refractivity contribution in [3.05, 3.63) is 28.7 Å². The van der Waals surface area contributed by atoms with Crippen molar-refractivity contribution in [1.82, 2.24) is 5.32 Å². The van der Waals surface area contributed by atoms with Gasteiger partial charge in [-0.2, -0.15) is 0 Å². The number of rotatable bonds is 6. The maximum absolute atomic E-state index is 3.44. The van der Waals surface area contributed by atoms with E-state index in [1.54, 1.807) is 0 Å². The Labute approximate surface area is 105 Å². The molecule has 0 bridgehead atoms. The van der Waals surface area contributed by atoms with Crippen molar-refractivity contribution in [1.29, 1.82) is 0 Å². The van der Waals surface area contributed by atoms with E-state index in [9.17, 15) is 0 Å². The van der Waals surface area contributed by atoms with Crippen LogP contribution in [0, 0.1) is 5.92 Å². The Morgan fingerprint density at radius 1 is 1.27 bits per heavy atom. The van der Waals surface area contributed by atoms with Gasteiger partial charge >= 0.3 is 0 Å². The highest BCUT2D eigenvalue weighted by Gasteiger charge is 1.95. The normalized spacial score (nSPS) is 10.9. The zero-order valence-corrected chi connectivity index (χ0v) is 11.7. The van der Waals surface area contributed by atoms with E-state index in [-0.39, 0.29) is 0 Å². The summed E-state index contributed by atoms with van der Waals surface area (Å²) in [5.74, 6) is 1.87. The molecule has 0 spiro atoms. The highest BCUT2D eigenvalue weighted by Crippen LogP contribution is 2.19. The molecule has 0 radical (unpaired) electrons. The van der Waals surface area contributed by atoms with E-state index in [4.69, 9.17) is 0 Å². The minimum Gasteiger partial charge on any atom is -0.316 e. The molecule has 1 aromatic rings. The van der Waals surface area contributed by atoms with Crippen LogP contribution in [-0.2, 0) is 0 Å². The van der Waals surface area contributed by atoms with Crippen LogP contribution < -0.4 is 5.32 Å². The first-order chi connectivity index (χ1) is 7.18. The molecule has 0 aliphatic rings. The molecule has 0 saturated carbocycles. The first kappa shape index (κ1) is 13.1. The van der Waals surface area contributed by atoms with Crippen molar-refractivity contribution in [2.45, 2.75) is 18.7 Å². The van der Waals surface area contributed by atoms with Crippen LogP contribution in [0.4, 0.5) is 0 Å². The maximum Gasteiger partial charge on any atom is 0.0176 e. The third-order valence-corrected chi connectivity index (χ3v) is 3.46. The van der Waals surface area contributed by atoms with E-state index < -0.39 is 0 Å². The largest absolute Gasteiger partial charge is 0.316 e. The van der Waals surface area contributed by atoms with E-state index in [0.29, 0.717) is 0 Å². The average Bonchev–Trinajstić information content (AvgIpc) is 2.20. The summed E-state index contributed by atoms with van der Waals surface area (Å²) in [7, 11) is 0. The molecular formula is C12H18BrNS. The van der Waals surface area contributed by atoms with Crippen LogP contribution in [0.3, 0.4) is 0 Å². The van der Waals surface area contributed by atoms with Gasteiger partial charge in [0.25, 0.3) is 0 Å². The molecule has 1 nitrogen and oxygen atoms in total. The Kier molecular flexibility index (Phi) is 6.37. The monoisotopic (exact) mass is 287 g/mol. The zero-order chi connectivity index (χ0) is 11.1. The van der Waals surface area contributed by atoms with Gasteiger partial charge < -0.3 is 5.32 Å². The molecule has 84 valence electrons. The number of halogens is 1. The fourth-order valence-corrected chi connectivity index (χ4v) is 2.24. The number of thioether (sulfide) groups is 1. The number of benzene rings is 1. The second-order valence-electron chi connectivity index (χ2n) is 3.90. The topological polar surface area (TPSA) is 12.0 Å². The molecule has 1 rings (SSSR count). The van der Waals surface area contributed by atoms with E-state index in [0.717, 1.165) is 29.2 Å². The Balaban J connectivity index is 2.12. The van der Waals surface area contributed by atoms with Crippen LogP contribution in [0.25, 0.3) is 0 Å². The number of hydrogen-bond acceptors (Lipinski definition) is 2. The van der Waals surface area contributed by atoms with Gasteiger partial charge in [-0.15, -0.1) is 11.8 Å². The molecule has 1 aromatic carbocycles. The van der Waals surface area contributed by atoms with E-state index >= 15 is 0 Å². The maximum atomic E-state index is 3.44. The van der Waals surface area contributed by atoms with Gasteiger partial charge in [-0.3, -0.25) is 0 Å². The van der Waals surface area contributed by atoms with Gasteiger partial charge in [-0.05, 0) is 36.7 Å². The van der Waals surface area contributed by atoms with Crippen molar-refractivity contribution in [3.63, 3.8) is 0 Å². The van der Waals surface area contributed by atoms with Crippen molar-refractivity contribution in [2.24, 2.45) is 5.92 Å². The lowest BCUT2D eigenvalue weighted by Crippen LogP contribution is -2.21. The molecule has 1 N–H and O–H groups in total. The molecule has 0 aliphatic carbocycles. The van der Waals surface area contributed by atoms with E-state index in [2.05, 4.69) is 59.4 Å². The highest BCUT2D eigenvalue weighted by molar-refractivity contribution is 9.10. The van der Waals surface area contributed by atoms with Crippen LogP contribution >= 0.6 is 27.7 Å². The fourth-order valence-electron chi connectivity index (χ4n) is 1.16. The summed E-state index contributed by atoms with van der Waals surface area (Å²) in [6.07, 6.45) is 0. The predicted molar refractivity (Wildman–Crippen MR) is 72.6 cm³/mol. The van der Waals surface area contributed by atoms with Crippen LogP contribution in [0.15, 0.2) is 33.6 Å². The number of nitrogens with one attached hydrogen (secondary N) is 1. The van der Waals surface area contributed by atoms with Gasteiger partial charge in [-0.1, -0.05) is 29.8 Å². The lowest BCUT2D eigenvalue weighted by atomic mass is 10.2. The molecule has 0 heterocycles. The summed E-state index contributed by atoms with van der Waals surface area (Å²) in [5.41, 5.74) is 0. The molecule has 0 aromatic heterocycles. The molecule has 0 saturated heterocycles. The molecular weight excluding hydrogens is 270 g/mol. The first-order valence-corrected chi connectivity index (χ1v) is 7.05. The van der Waals surface area contributed by atoms with Crippen molar-refractivity contribution in [2.75, 3.05) is 18.8 Å². The SMILES string of the molecule is CC(C)CNCCSc1ccc(Br)cc1. The number of hydrogen-bond donors (Lipinski definition) is 1. The molecule has 0 atom stereocenters. The van der Waals surface area contributed by atoms with Crippen molar-refractivity contribution in [3.8, 4) is 0 Å². The van der Waals surface area contributed by atoms with Crippen molar-refractivity contribution < 1.29 is 0 Å². The Morgan fingerprint density at radius 2 is 1.93 bits per heavy atom. The summed E-state index contributed by atoms with van der Waals surface area (Å²) in [6, 6.07) is 8.47. The van der Waals surface area contributed by atoms with Crippen LogP contribution in [0.1, 0.15) is 13.8 Å². The van der Waals surface area contributed by atoms with Crippen molar-refractivity contribution >= 4 is 27.7 Å². The lowest BCUT2D eigenvalue weighted by molar-refractivity contribution is 0.568. The third-order valence-electron chi connectivity index (χ3n) is 1.91. The summed E-state index contributed by atoms with van der Waals surface area (Å²) < 4.78 is 1.14. The Hall–Kier alpha value is 0.01000. The minimum atomic E-state index is 0.739. The summed E-state index contributed by atoms with van der Waals surface area (Å²) in [6.45, 7) is 6.66. The van der Waals surface area contributed by atoms with Gasteiger partial charge in [0.1, 0.15) is 0 Å². The quantitative estimate of drug-likeness (QED) is 0.631. The molecule has 15 heavy (non-hydrogen) atoms. The molecule has 0 amide bonds. The second-order valence-corrected chi connectivity index (χ2v) is 5.98. The highest BCUT2D eigenvalue weighted by atomic mass is 79.9. The van der Waals surface area contributed by atoms with Gasteiger partial charge in [0.15, 0.2) is 0 Å². The second kappa shape index (κ2) is 7.31. The van der Waals surface area contributed by atoms with Gasteiger partial charge in [0, 0.05) is 21.7 Å². The summed E-state index contributed by atoms with van der Waals surface area (Å²) in [5, 5.41) is 3.44. The van der Waals surface area contributed by atoms with Crippen LogP contribution in [0.5, 0.6) is 0 Å². The standard InChI is InChI=1S/C12H18BrNS/c1-10(2)9-14-7-8-15-12-5-3-11(13)4-6-12/h3-6,10,14H,7-9H2,1-2H3. The lowest BCUT2D eigenvalue weighted by Gasteiger charge is -2.06. The van der Waals surface area contributed by atoms with Gasteiger partial charge in [0.05, 0.1) is 0 Å². The van der Waals surface area contributed by atoms with E-state index in [1.807, 2.05) is 11.8 Å². The van der Waals surface area contributed by atoms with Crippen LogP contribution in [-0.4, -0.2) is 18.8 Å².